The van der Waals surface area contributed by atoms with Crippen LogP contribution in [-0.4, -0.2) is 40.1 Å². The van der Waals surface area contributed by atoms with E-state index in [1.807, 2.05) is 17.0 Å². The van der Waals surface area contributed by atoms with Crippen LogP contribution in [0.25, 0.3) is 0 Å². The number of carboxylic acids is 1. The van der Waals surface area contributed by atoms with Gasteiger partial charge in [0.2, 0.25) is 0 Å². The van der Waals surface area contributed by atoms with Gasteiger partial charge in [0.25, 0.3) is 0 Å². The van der Waals surface area contributed by atoms with Crippen molar-refractivity contribution in [3.63, 3.8) is 0 Å². The highest BCUT2D eigenvalue weighted by molar-refractivity contribution is 5.75. The number of amides is 2. The van der Waals surface area contributed by atoms with Crippen molar-refractivity contribution in [1.82, 2.24) is 15.2 Å². The van der Waals surface area contributed by atoms with E-state index in [9.17, 15) is 9.59 Å². The van der Waals surface area contributed by atoms with Gasteiger partial charge in [-0.05, 0) is 37.0 Å². The van der Waals surface area contributed by atoms with E-state index in [2.05, 4.69) is 10.3 Å². The number of nitrogens with one attached hydrogen (secondary N) is 1. The van der Waals surface area contributed by atoms with E-state index in [0.717, 1.165) is 24.9 Å². The van der Waals surface area contributed by atoms with E-state index in [0.29, 0.717) is 13.0 Å². The smallest absolute Gasteiger partial charge is 0.317 e. The van der Waals surface area contributed by atoms with Crippen molar-refractivity contribution in [2.24, 2.45) is 0 Å². The Kier molecular flexibility index (Phi) is 4.92. The molecular weight excluding hydrogens is 258 g/mol. The van der Waals surface area contributed by atoms with Crippen LogP contribution in [0.4, 0.5) is 4.79 Å². The average molecular weight is 277 g/mol. The average Bonchev–Trinajstić information content (AvgIpc) is 2.93. The molecule has 0 aliphatic carbocycles. The number of hydrogen-bond acceptors (Lipinski definition) is 3. The third-order valence-corrected chi connectivity index (χ3v) is 3.45. The zero-order chi connectivity index (χ0) is 14.4. The fraction of sp³-hybridized carbons (Fsp3) is 0.500. The molecule has 2 amide bonds. The van der Waals surface area contributed by atoms with Crippen molar-refractivity contribution in [3.8, 4) is 0 Å². The van der Waals surface area contributed by atoms with E-state index >= 15 is 0 Å². The topological polar surface area (TPSA) is 82.5 Å². The first-order chi connectivity index (χ1) is 9.68. The molecule has 0 spiro atoms. The monoisotopic (exact) mass is 277 g/mol. The molecule has 1 aliphatic heterocycles. The second-order valence-corrected chi connectivity index (χ2v) is 4.86. The van der Waals surface area contributed by atoms with Crippen LogP contribution in [0, 0.1) is 0 Å². The predicted octanol–water partition coefficient (Wildman–Crippen LogP) is 1.79. The summed E-state index contributed by atoms with van der Waals surface area (Å²) in [6, 6.07) is 3.84. The molecule has 1 atom stereocenters. The molecule has 1 fully saturated rings. The number of pyridine rings is 1. The third kappa shape index (κ3) is 3.69. The third-order valence-electron chi connectivity index (χ3n) is 3.45. The minimum Gasteiger partial charge on any atom is -0.481 e. The van der Waals surface area contributed by atoms with Gasteiger partial charge in [0, 0.05) is 31.9 Å². The lowest BCUT2D eigenvalue weighted by molar-refractivity contribution is -0.137. The van der Waals surface area contributed by atoms with Gasteiger partial charge < -0.3 is 15.3 Å². The van der Waals surface area contributed by atoms with Gasteiger partial charge in [0.05, 0.1) is 6.04 Å². The number of urea groups is 1. The summed E-state index contributed by atoms with van der Waals surface area (Å²) >= 11 is 0. The van der Waals surface area contributed by atoms with E-state index in [4.69, 9.17) is 5.11 Å². The van der Waals surface area contributed by atoms with Crippen LogP contribution >= 0.6 is 0 Å². The summed E-state index contributed by atoms with van der Waals surface area (Å²) in [6.45, 7) is 1.13. The molecule has 0 radical (unpaired) electrons. The first-order valence-electron chi connectivity index (χ1n) is 6.84. The number of hydrogen-bond donors (Lipinski definition) is 2. The van der Waals surface area contributed by atoms with Gasteiger partial charge in [-0.3, -0.25) is 9.78 Å². The number of carbonyl (C=O) groups excluding carboxylic acids is 1. The Morgan fingerprint density at radius 2 is 2.15 bits per heavy atom. The quantitative estimate of drug-likeness (QED) is 0.804. The lowest BCUT2D eigenvalue weighted by Gasteiger charge is -2.25. The highest BCUT2D eigenvalue weighted by atomic mass is 16.4. The maximum atomic E-state index is 12.1. The van der Waals surface area contributed by atoms with Crippen LogP contribution in [0.2, 0.25) is 0 Å². The van der Waals surface area contributed by atoms with Gasteiger partial charge in [-0.2, -0.15) is 0 Å². The molecule has 6 heteroatoms. The van der Waals surface area contributed by atoms with Crippen LogP contribution in [0.1, 0.15) is 37.3 Å². The van der Waals surface area contributed by atoms with Gasteiger partial charge in [-0.15, -0.1) is 0 Å². The Hall–Kier alpha value is -2.11. The molecule has 20 heavy (non-hydrogen) atoms. The number of carboxylic acid groups (broad SMARTS) is 1. The van der Waals surface area contributed by atoms with Crippen LogP contribution in [-0.2, 0) is 4.79 Å². The molecular formula is C14H19N3O3. The SMILES string of the molecule is O=C(O)CCCNC(=O)N1CCCC1c1ccncc1. The number of rotatable bonds is 5. The standard InChI is InChI=1S/C14H19N3O3/c18-13(19)4-1-7-16-14(20)17-10-2-3-12(17)11-5-8-15-9-6-11/h5-6,8-9,12H,1-4,7,10H2,(H,16,20)(H,18,19). The Labute approximate surface area is 117 Å². The summed E-state index contributed by atoms with van der Waals surface area (Å²) in [5, 5.41) is 11.3. The summed E-state index contributed by atoms with van der Waals surface area (Å²) in [5.41, 5.74) is 1.10. The van der Waals surface area contributed by atoms with Crippen molar-refractivity contribution in [2.45, 2.75) is 31.7 Å². The fourth-order valence-corrected chi connectivity index (χ4v) is 2.48. The maximum Gasteiger partial charge on any atom is 0.317 e. The van der Waals surface area contributed by atoms with Gasteiger partial charge in [-0.1, -0.05) is 0 Å². The molecule has 2 rings (SSSR count). The van der Waals surface area contributed by atoms with Crippen LogP contribution in [0.15, 0.2) is 24.5 Å². The predicted molar refractivity (Wildman–Crippen MR) is 73.2 cm³/mol. The number of likely N-dealkylation sites (tertiary alicyclic amines) is 1. The van der Waals surface area contributed by atoms with Crippen molar-refractivity contribution in [1.29, 1.82) is 0 Å². The van der Waals surface area contributed by atoms with Gasteiger partial charge in [-0.25, -0.2) is 4.79 Å². The summed E-state index contributed by atoms with van der Waals surface area (Å²) in [6.07, 6.45) is 5.93. The molecule has 1 aliphatic rings. The highest BCUT2D eigenvalue weighted by Gasteiger charge is 2.29. The zero-order valence-electron chi connectivity index (χ0n) is 11.3. The lowest BCUT2D eigenvalue weighted by atomic mass is 10.1. The summed E-state index contributed by atoms with van der Waals surface area (Å²) < 4.78 is 0. The van der Waals surface area contributed by atoms with Gasteiger partial charge in [0.1, 0.15) is 0 Å². The van der Waals surface area contributed by atoms with Gasteiger partial charge >= 0.3 is 12.0 Å². The van der Waals surface area contributed by atoms with E-state index in [1.165, 1.54) is 0 Å². The highest BCUT2D eigenvalue weighted by Crippen LogP contribution is 2.31. The van der Waals surface area contributed by atoms with Crippen molar-refractivity contribution in [2.75, 3.05) is 13.1 Å². The summed E-state index contributed by atoms with van der Waals surface area (Å²) in [7, 11) is 0. The lowest BCUT2D eigenvalue weighted by Crippen LogP contribution is -2.39. The second-order valence-electron chi connectivity index (χ2n) is 4.86. The van der Waals surface area contributed by atoms with Crippen molar-refractivity contribution < 1.29 is 14.7 Å². The molecule has 2 heterocycles. The summed E-state index contributed by atoms with van der Waals surface area (Å²) in [5.74, 6) is -0.838. The molecule has 1 saturated heterocycles. The number of aromatic nitrogens is 1. The Morgan fingerprint density at radius 1 is 1.40 bits per heavy atom. The molecule has 6 nitrogen and oxygen atoms in total. The first kappa shape index (κ1) is 14.3. The molecule has 0 saturated carbocycles. The number of nitrogens with zero attached hydrogens (tertiary/aromatic N) is 2. The maximum absolute atomic E-state index is 12.1. The molecule has 0 aromatic carbocycles. The number of carbonyl (C=O) groups is 2. The molecule has 2 N–H and O–H groups in total. The van der Waals surface area contributed by atoms with Crippen molar-refractivity contribution in [3.05, 3.63) is 30.1 Å². The Morgan fingerprint density at radius 3 is 2.85 bits per heavy atom. The Bertz CT molecular complexity index is 464. The minimum atomic E-state index is -0.838. The molecule has 1 aromatic rings. The van der Waals surface area contributed by atoms with E-state index in [1.54, 1.807) is 12.4 Å². The fourth-order valence-electron chi connectivity index (χ4n) is 2.48. The largest absolute Gasteiger partial charge is 0.481 e. The van der Waals surface area contributed by atoms with Crippen LogP contribution < -0.4 is 5.32 Å². The van der Waals surface area contributed by atoms with Crippen molar-refractivity contribution >= 4 is 12.0 Å². The minimum absolute atomic E-state index is 0.0774. The van der Waals surface area contributed by atoms with E-state index in [-0.39, 0.29) is 18.5 Å². The molecule has 0 bridgehead atoms. The van der Waals surface area contributed by atoms with E-state index < -0.39 is 5.97 Å². The molecule has 1 unspecified atom stereocenters. The first-order valence-corrected chi connectivity index (χ1v) is 6.84. The van der Waals surface area contributed by atoms with Crippen LogP contribution in [0.5, 0.6) is 0 Å². The summed E-state index contributed by atoms with van der Waals surface area (Å²) in [4.78, 5) is 28.3. The second kappa shape index (κ2) is 6.88. The van der Waals surface area contributed by atoms with Gasteiger partial charge in [0.15, 0.2) is 0 Å². The molecule has 108 valence electrons. The number of aliphatic carboxylic acids is 1. The van der Waals surface area contributed by atoms with Crippen LogP contribution in [0.3, 0.4) is 0 Å². The Balaban J connectivity index is 1.87. The normalized spacial score (nSPS) is 18.0. The zero-order valence-corrected chi connectivity index (χ0v) is 11.3. The molecule has 1 aromatic heterocycles.